The zero-order chi connectivity index (χ0) is 10.4. The summed E-state index contributed by atoms with van der Waals surface area (Å²) in [5, 5.41) is 10.3. The first-order valence-corrected chi connectivity index (χ1v) is 3.36. The van der Waals surface area contributed by atoms with E-state index in [1.807, 2.05) is 0 Å². The van der Waals surface area contributed by atoms with Crippen molar-refractivity contribution >= 4 is 11.9 Å². The Morgan fingerprint density at radius 1 is 1.54 bits per heavy atom. The number of rotatable bonds is 2. The van der Waals surface area contributed by atoms with Crippen molar-refractivity contribution in [2.24, 2.45) is 5.73 Å². The van der Waals surface area contributed by atoms with Crippen molar-refractivity contribution in [1.82, 2.24) is 10.2 Å². The Balaban J connectivity index is 4.53. The van der Waals surface area contributed by atoms with Crippen LogP contribution < -0.4 is 11.1 Å². The lowest BCUT2D eigenvalue weighted by atomic mass is 10.3. The average molecular weight is 182 g/mol. The van der Waals surface area contributed by atoms with E-state index in [2.05, 4.69) is 0 Å². The van der Waals surface area contributed by atoms with Crippen molar-refractivity contribution in [3.05, 3.63) is 11.8 Å². The molecule has 0 atom stereocenters. The third-order valence-corrected chi connectivity index (χ3v) is 0.989. The third kappa shape index (κ3) is 4.42. The molecule has 0 aliphatic heterocycles. The van der Waals surface area contributed by atoms with E-state index in [1.165, 1.54) is 11.1 Å². The molecule has 0 aliphatic rings. The van der Waals surface area contributed by atoms with Crippen LogP contribution in [0.1, 0.15) is 0 Å². The number of carbonyl (C=O) groups excluding carboxylic acids is 2. The first-order valence-electron chi connectivity index (χ1n) is 3.36. The molecule has 0 fully saturated rings. The quantitative estimate of drug-likeness (QED) is 0.429. The molecule has 3 N–H and O–H groups in total. The standard InChI is InChI=1S/C7H10N4O2/c1-11(2)4-5(3-8)6(12)10-7(9)13/h4H,1-2H3,(H3,9,10,12,13)/b5-4-. The van der Waals surface area contributed by atoms with Crippen LogP contribution in [0.15, 0.2) is 11.8 Å². The summed E-state index contributed by atoms with van der Waals surface area (Å²) in [6.07, 6.45) is 1.29. The molecule has 0 radical (unpaired) electrons. The molecular formula is C7H10N4O2. The van der Waals surface area contributed by atoms with Gasteiger partial charge in [0.05, 0.1) is 0 Å². The van der Waals surface area contributed by atoms with Crippen LogP contribution in [0.3, 0.4) is 0 Å². The fraction of sp³-hybridized carbons (Fsp3) is 0.286. The number of nitrogens with two attached hydrogens (primary N) is 1. The highest BCUT2D eigenvalue weighted by molar-refractivity contribution is 6.05. The molecule has 0 unspecified atom stereocenters. The fourth-order valence-electron chi connectivity index (χ4n) is 0.576. The van der Waals surface area contributed by atoms with Crippen molar-refractivity contribution in [1.29, 1.82) is 5.26 Å². The zero-order valence-electron chi connectivity index (χ0n) is 7.37. The smallest absolute Gasteiger partial charge is 0.319 e. The predicted molar refractivity (Wildman–Crippen MR) is 45.1 cm³/mol. The van der Waals surface area contributed by atoms with Crippen molar-refractivity contribution in [2.45, 2.75) is 0 Å². The molecule has 70 valence electrons. The largest absolute Gasteiger partial charge is 0.382 e. The number of primary amides is 1. The summed E-state index contributed by atoms with van der Waals surface area (Å²) in [7, 11) is 3.30. The van der Waals surface area contributed by atoms with Gasteiger partial charge in [0.1, 0.15) is 11.6 Å². The van der Waals surface area contributed by atoms with Gasteiger partial charge in [-0.05, 0) is 0 Å². The van der Waals surface area contributed by atoms with Crippen LogP contribution in [0.2, 0.25) is 0 Å². The zero-order valence-corrected chi connectivity index (χ0v) is 7.37. The van der Waals surface area contributed by atoms with Gasteiger partial charge < -0.3 is 10.6 Å². The summed E-state index contributed by atoms with van der Waals surface area (Å²) < 4.78 is 0. The van der Waals surface area contributed by atoms with Gasteiger partial charge in [0, 0.05) is 20.3 Å². The minimum absolute atomic E-state index is 0.177. The highest BCUT2D eigenvalue weighted by atomic mass is 16.2. The lowest BCUT2D eigenvalue weighted by Gasteiger charge is -2.05. The molecule has 0 aromatic carbocycles. The van der Waals surface area contributed by atoms with E-state index < -0.39 is 11.9 Å². The molecule has 0 aromatic rings. The molecule has 0 aromatic heterocycles. The highest BCUT2D eigenvalue weighted by Gasteiger charge is 2.10. The van der Waals surface area contributed by atoms with E-state index in [4.69, 9.17) is 11.0 Å². The molecule has 0 saturated heterocycles. The Kier molecular flexibility index (Phi) is 4.02. The van der Waals surface area contributed by atoms with Crippen LogP contribution in [-0.2, 0) is 4.79 Å². The minimum Gasteiger partial charge on any atom is -0.382 e. The van der Waals surface area contributed by atoms with E-state index in [9.17, 15) is 9.59 Å². The Hall–Kier alpha value is -2.03. The summed E-state index contributed by atoms with van der Waals surface area (Å²) in [6, 6.07) is 0.657. The van der Waals surface area contributed by atoms with E-state index >= 15 is 0 Å². The molecule has 6 nitrogen and oxygen atoms in total. The molecule has 0 rings (SSSR count). The van der Waals surface area contributed by atoms with Crippen LogP contribution in [0, 0.1) is 11.3 Å². The predicted octanol–water partition coefficient (Wildman–Crippen LogP) is -0.850. The van der Waals surface area contributed by atoms with Crippen molar-refractivity contribution in [3.8, 4) is 6.07 Å². The van der Waals surface area contributed by atoms with Crippen molar-refractivity contribution in [2.75, 3.05) is 14.1 Å². The van der Waals surface area contributed by atoms with Gasteiger partial charge in [-0.3, -0.25) is 10.1 Å². The van der Waals surface area contributed by atoms with E-state index in [0.717, 1.165) is 0 Å². The lowest BCUT2D eigenvalue weighted by molar-refractivity contribution is -0.116. The number of hydrogen-bond donors (Lipinski definition) is 2. The summed E-state index contributed by atoms with van der Waals surface area (Å²) in [5.41, 5.74) is 4.52. The molecule has 0 bridgehead atoms. The van der Waals surface area contributed by atoms with Gasteiger partial charge in [-0.15, -0.1) is 0 Å². The van der Waals surface area contributed by atoms with Gasteiger partial charge in [0.15, 0.2) is 0 Å². The van der Waals surface area contributed by atoms with Gasteiger partial charge in [-0.2, -0.15) is 5.26 Å². The molecule has 0 spiro atoms. The normalized spacial score (nSPS) is 10.1. The van der Waals surface area contributed by atoms with Gasteiger partial charge in [-0.25, -0.2) is 4.79 Å². The maximum Gasteiger partial charge on any atom is 0.319 e. The summed E-state index contributed by atoms with van der Waals surface area (Å²) in [4.78, 5) is 22.8. The summed E-state index contributed by atoms with van der Waals surface area (Å²) in [5.74, 6) is -0.802. The molecule has 0 saturated carbocycles. The number of carbonyl (C=O) groups is 2. The van der Waals surface area contributed by atoms with Crippen LogP contribution >= 0.6 is 0 Å². The Morgan fingerprint density at radius 2 is 2.08 bits per heavy atom. The first-order chi connectivity index (χ1) is 5.97. The SMILES string of the molecule is CN(C)/C=C(/C#N)C(=O)NC(N)=O. The Labute approximate surface area is 75.6 Å². The third-order valence-electron chi connectivity index (χ3n) is 0.989. The monoisotopic (exact) mass is 182 g/mol. The number of hydrogen-bond acceptors (Lipinski definition) is 4. The molecule has 0 heterocycles. The average Bonchev–Trinajstić information content (AvgIpc) is 1.98. The number of amides is 3. The van der Waals surface area contributed by atoms with Gasteiger partial charge in [0.2, 0.25) is 0 Å². The summed E-state index contributed by atoms with van der Waals surface area (Å²) >= 11 is 0. The highest BCUT2D eigenvalue weighted by Crippen LogP contribution is 1.93. The fourth-order valence-corrected chi connectivity index (χ4v) is 0.576. The van der Waals surface area contributed by atoms with Gasteiger partial charge >= 0.3 is 6.03 Å². The second-order valence-corrected chi connectivity index (χ2v) is 2.44. The minimum atomic E-state index is -0.982. The van der Waals surface area contributed by atoms with Crippen LogP contribution in [-0.4, -0.2) is 30.9 Å². The molecular weight excluding hydrogens is 172 g/mol. The number of nitrogens with one attached hydrogen (secondary N) is 1. The topological polar surface area (TPSA) is 99.2 Å². The molecule has 0 aliphatic carbocycles. The second kappa shape index (κ2) is 4.77. The summed E-state index contributed by atoms with van der Waals surface area (Å²) in [6.45, 7) is 0. The molecule has 3 amide bonds. The van der Waals surface area contributed by atoms with Gasteiger partial charge in [-0.1, -0.05) is 0 Å². The number of nitrogens with zero attached hydrogens (tertiary/aromatic N) is 2. The maximum atomic E-state index is 11.0. The molecule has 6 heteroatoms. The lowest BCUT2D eigenvalue weighted by Crippen LogP contribution is -2.36. The van der Waals surface area contributed by atoms with Crippen LogP contribution in [0.25, 0.3) is 0 Å². The van der Waals surface area contributed by atoms with E-state index in [1.54, 1.807) is 25.5 Å². The number of nitriles is 1. The number of urea groups is 1. The van der Waals surface area contributed by atoms with E-state index in [-0.39, 0.29) is 5.57 Å². The van der Waals surface area contributed by atoms with Crippen LogP contribution in [0.4, 0.5) is 4.79 Å². The maximum absolute atomic E-state index is 11.0. The number of imide groups is 1. The Bertz CT molecular complexity index is 287. The van der Waals surface area contributed by atoms with Gasteiger partial charge in [0.25, 0.3) is 5.91 Å². The molecule has 13 heavy (non-hydrogen) atoms. The van der Waals surface area contributed by atoms with Crippen LogP contribution in [0.5, 0.6) is 0 Å². The Morgan fingerprint density at radius 3 is 2.38 bits per heavy atom. The first kappa shape index (κ1) is 11.0. The van der Waals surface area contributed by atoms with Crippen molar-refractivity contribution < 1.29 is 9.59 Å². The van der Waals surface area contributed by atoms with E-state index in [0.29, 0.717) is 0 Å². The van der Waals surface area contributed by atoms with Crippen molar-refractivity contribution in [3.63, 3.8) is 0 Å². The second-order valence-electron chi connectivity index (χ2n) is 2.44.